The predicted octanol–water partition coefficient (Wildman–Crippen LogP) is 4.09. The van der Waals surface area contributed by atoms with E-state index < -0.39 is 11.9 Å². The van der Waals surface area contributed by atoms with Gasteiger partial charge in [-0.25, -0.2) is 8.78 Å². The summed E-state index contributed by atoms with van der Waals surface area (Å²) in [5, 5.41) is 3.01. The Hall–Kier alpha value is -3.45. The van der Waals surface area contributed by atoms with Crippen molar-refractivity contribution in [3.8, 4) is 11.5 Å². The van der Waals surface area contributed by atoms with Gasteiger partial charge in [0.2, 0.25) is 5.91 Å². The molecule has 3 aromatic carbocycles. The number of rotatable bonds is 10. The first kappa shape index (κ1) is 22.2. The van der Waals surface area contributed by atoms with Crippen LogP contribution in [0.25, 0.3) is 0 Å². The van der Waals surface area contributed by atoms with Crippen molar-refractivity contribution in [2.45, 2.75) is 32.7 Å². The molecule has 0 radical (unpaired) electrons. The Bertz CT molecular complexity index is 1040. The maximum atomic E-state index is 14.0. The minimum Gasteiger partial charge on any atom is -0.485 e. The van der Waals surface area contributed by atoms with Gasteiger partial charge in [-0.15, -0.1) is 0 Å². The van der Waals surface area contributed by atoms with Crippen LogP contribution in [0, 0.1) is 11.6 Å². The molecule has 0 saturated carbocycles. The second kappa shape index (κ2) is 10.5. The molecule has 0 aromatic heterocycles. The number of hydrogen-bond acceptors (Lipinski definition) is 4. The molecule has 0 bridgehead atoms. The Labute approximate surface area is 179 Å². The second-order valence-electron chi connectivity index (χ2n) is 7.05. The number of nitrogens with two attached hydrogens (primary N) is 1. The Kier molecular flexibility index (Phi) is 7.56. The van der Waals surface area contributed by atoms with Crippen LogP contribution in [0.1, 0.15) is 23.6 Å². The molecule has 3 N–H and O–H groups in total. The molecule has 3 aromatic rings. The summed E-state index contributed by atoms with van der Waals surface area (Å²) in [6.07, 6.45) is 0. The molecule has 7 heteroatoms. The van der Waals surface area contributed by atoms with Crippen LogP contribution >= 0.6 is 0 Å². The van der Waals surface area contributed by atoms with Crippen molar-refractivity contribution < 1.29 is 23.0 Å². The van der Waals surface area contributed by atoms with E-state index in [-0.39, 0.29) is 24.8 Å². The summed E-state index contributed by atoms with van der Waals surface area (Å²) in [6.45, 7) is 2.05. The van der Waals surface area contributed by atoms with Crippen LogP contribution in [0.15, 0.2) is 66.7 Å². The number of benzene rings is 3. The normalized spacial score (nSPS) is 11.7. The quantitative estimate of drug-likeness (QED) is 0.512. The van der Waals surface area contributed by atoms with E-state index in [2.05, 4.69) is 5.32 Å². The molecule has 0 aliphatic carbocycles. The van der Waals surface area contributed by atoms with Crippen LogP contribution < -0.4 is 20.5 Å². The highest BCUT2D eigenvalue weighted by molar-refractivity contribution is 5.79. The van der Waals surface area contributed by atoms with Crippen molar-refractivity contribution >= 4 is 5.91 Å². The number of carbonyl (C=O) groups excluding carboxylic acids is 1. The van der Waals surface area contributed by atoms with E-state index >= 15 is 0 Å². The van der Waals surface area contributed by atoms with Gasteiger partial charge in [0.25, 0.3) is 0 Å². The number of carbonyl (C=O) groups is 1. The lowest BCUT2D eigenvalue weighted by Gasteiger charge is -2.16. The summed E-state index contributed by atoms with van der Waals surface area (Å²) in [6, 6.07) is 17.4. The maximum absolute atomic E-state index is 14.0. The fourth-order valence-electron chi connectivity index (χ4n) is 2.81. The van der Waals surface area contributed by atoms with Crippen LogP contribution in [0.5, 0.6) is 11.5 Å². The molecule has 3 rings (SSSR count). The molecule has 0 fully saturated rings. The molecular weight excluding hydrogens is 402 g/mol. The van der Waals surface area contributed by atoms with Gasteiger partial charge in [-0.1, -0.05) is 42.5 Å². The van der Waals surface area contributed by atoms with Gasteiger partial charge in [-0.3, -0.25) is 4.79 Å². The standard InChI is InChI=1S/C24H24F2N2O3/c1-16(24(27)29)28-13-17-10-11-22(30-14-18-6-2-4-8-20(18)25)23(12-17)31-15-19-7-3-5-9-21(19)26/h2-12,16,28H,13-15H2,1H3,(H2,27,29)/t16-/m1/s1. The Morgan fingerprint density at radius 3 is 2.00 bits per heavy atom. The highest BCUT2D eigenvalue weighted by Gasteiger charge is 2.12. The van der Waals surface area contributed by atoms with Crippen molar-refractivity contribution in [2.75, 3.05) is 0 Å². The van der Waals surface area contributed by atoms with Crippen LogP contribution in [0.4, 0.5) is 8.78 Å². The number of amides is 1. The van der Waals surface area contributed by atoms with Crippen molar-refractivity contribution in [1.29, 1.82) is 0 Å². The molecule has 1 atom stereocenters. The number of ether oxygens (including phenoxy) is 2. The fraction of sp³-hybridized carbons (Fsp3) is 0.208. The third-order valence-corrected chi connectivity index (χ3v) is 4.73. The van der Waals surface area contributed by atoms with E-state index in [1.54, 1.807) is 61.5 Å². The smallest absolute Gasteiger partial charge is 0.234 e. The number of primary amides is 1. The Morgan fingerprint density at radius 2 is 1.45 bits per heavy atom. The van der Waals surface area contributed by atoms with Crippen molar-refractivity contribution in [3.63, 3.8) is 0 Å². The average molecular weight is 426 g/mol. The van der Waals surface area contributed by atoms with Gasteiger partial charge in [-0.05, 0) is 36.8 Å². The van der Waals surface area contributed by atoms with E-state index in [0.717, 1.165) is 5.56 Å². The predicted molar refractivity (Wildman–Crippen MR) is 113 cm³/mol. The highest BCUT2D eigenvalue weighted by Crippen LogP contribution is 2.30. The summed E-state index contributed by atoms with van der Waals surface area (Å²) < 4.78 is 39.5. The number of nitrogens with one attached hydrogen (secondary N) is 1. The van der Waals surface area contributed by atoms with Crippen molar-refractivity contribution in [3.05, 3.63) is 95.1 Å². The van der Waals surface area contributed by atoms with Gasteiger partial charge in [-0.2, -0.15) is 0 Å². The largest absolute Gasteiger partial charge is 0.485 e. The third kappa shape index (κ3) is 6.26. The van der Waals surface area contributed by atoms with Gasteiger partial charge in [0.05, 0.1) is 6.04 Å². The Morgan fingerprint density at radius 1 is 0.903 bits per heavy atom. The highest BCUT2D eigenvalue weighted by atomic mass is 19.1. The molecule has 1 amide bonds. The van der Waals surface area contributed by atoms with E-state index in [9.17, 15) is 13.6 Å². The van der Waals surface area contributed by atoms with Gasteiger partial charge >= 0.3 is 0 Å². The van der Waals surface area contributed by atoms with Crippen molar-refractivity contribution in [2.24, 2.45) is 5.73 Å². The lowest BCUT2D eigenvalue weighted by atomic mass is 10.1. The lowest BCUT2D eigenvalue weighted by Crippen LogP contribution is -2.38. The number of hydrogen-bond donors (Lipinski definition) is 2. The fourth-order valence-corrected chi connectivity index (χ4v) is 2.81. The maximum Gasteiger partial charge on any atom is 0.234 e. The summed E-state index contributed by atoms with van der Waals surface area (Å²) in [5.41, 5.74) is 6.89. The lowest BCUT2D eigenvalue weighted by molar-refractivity contribution is -0.119. The molecule has 0 aliphatic heterocycles. The second-order valence-corrected chi connectivity index (χ2v) is 7.05. The summed E-state index contributed by atoms with van der Waals surface area (Å²) >= 11 is 0. The zero-order valence-electron chi connectivity index (χ0n) is 17.1. The van der Waals surface area contributed by atoms with Gasteiger partial charge in [0, 0.05) is 17.7 Å². The molecule has 0 heterocycles. The minimum absolute atomic E-state index is 0.00268. The van der Waals surface area contributed by atoms with Crippen LogP contribution in [-0.4, -0.2) is 11.9 Å². The van der Waals surface area contributed by atoms with E-state index in [1.807, 2.05) is 0 Å². The first-order chi connectivity index (χ1) is 14.9. The SMILES string of the molecule is C[C@@H](NCc1ccc(OCc2ccccc2F)c(OCc2ccccc2F)c1)C(N)=O. The molecule has 162 valence electrons. The molecule has 0 spiro atoms. The average Bonchev–Trinajstić information content (AvgIpc) is 2.77. The molecule has 5 nitrogen and oxygen atoms in total. The monoisotopic (exact) mass is 426 g/mol. The molecular formula is C24H24F2N2O3. The first-order valence-electron chi connectivity index (χ1n) is 9.82. The van der Waals surface area contributed by atoms with Crippen LogP contribution in [-0.2, 0) is 24.6 Å². The summed E-state index contributed by atoms with van der Waals surface area (Å²) in [4.78, 5) is 11.2. The summed E-state index contributed by atoms with van der Waals surface area (Å²) in [7, 11) is 0. The van der Waals surface area contributed by atoms with Gasteiger partial charge in [0.1, 0.15) is 24.8 Å². The molecule has 31 heavy (non-hydrogen) atoms. The molecule has 0 saturated heterocycles. The Balaban J connectivity index is 1.77. The van der Waals surface area contributed by atoms with E-state index in [4.69, 9.17) is 15.2 Å². The third-order valence-electron chi connectivity index (χ3n) is 4.73. The summed E-state index contributed by atoms with van der Waals surface area (Å²) in [5.74, 6) is -0.417. The van der Waals surface area contributed by atoms with Crippen LogP contribution in [0.3, 0.4) is 0 Å². The minimum atomic E-state index is -0.500. The van der Waals surface area contributed by atoms with Crippen LogP contribution in [0.2, 0.25) is 0 Å². The van der Waals surface area contributed by atoms with E-state index in [0.29, 0.717) is 29.2 Å². The van der Waals surface area contributed by atoms with Crippen molar-refractivity contribution in [1.82, 2.24) is 5.32 Å². The van der Waals surface area contributed by atoms with Gasteiger partial charge < -0.3 is 20.5 Å². The first-order valence-corrected chi connectivity index (χ1v) is 9.82. The topological polar surface area (TPSA) is 73.6 Å². The number of halogens is 2. The molecule has 0 aliphatic rings. The van der Waals surface area contributed by atoms with E-state index in [1.165, 1.54) is 12.1 Å². The zero-order chi connectivity index (χ0) is 22.2. The molecule has 0 unspecified atom stereocenters. The zero-order valence-corrected chi connectivity index (χ0v) is 17.1. The van der Waals surface area contributed by atoms with Gasteiger partial charge in [0.15, 0.2) is 11.5 Å².